The molecule has 2 aromatic carbocycles. The van der Waals surface area contributed by atoms with Crippen LogP contribution in [0.25, 0.3) is 22.0 Å². The molecule has 0 bridgehead atoms. The van der Waals surface area contributed by atoms with E-state index in [1.165, 1.54) is 0 Å². The van der Waals surface area contributed by atoms with Crippen molar-refractivity contribution in [1.29, 1.82) is 0 Å². The molecule has 0 radical (unpaired) electrons. The summed E-state index contributed by atoms with van der Waals surface area (Å²) in [5, 5.41) is 21.9. The van der Waals surface area contributed by atoms with Crippen LogP contribution in [0.3, 0.4) is 0 Å². The molecule has 0 saturated carbocycles. The fourth-order valence-corrected chi connectivity index (χ4v) is 3.79. The fraction of sp³-hybridized carbons (Fsp3) is 0.217. The highest BCUT2D eigenvalue weighted by atomic mass is 16.5. The van der Waals surface area contributed by atoms with Crippen LogP contribution in [0.1, 0.15) is 16.7 Å². The Bertz CT molecular complexity index is 1190. The highest BCUT2D eigenvalue weighted by molar-refractivity contribution is 6.50. The molecule has 3 N–H and O–H groups in total. The number of amides is 2. The van der Waals surface area contributed by atoms with Gasteiger partial charge in [0.25, 0.3) is 11.8 Å². The van der Waals surface area contributed by atoms with Gasteiger partial charge in [0.05, 0.1) is 17.8 Å². The predicted octanol–water partition coefficient (Wildman–Crippen LogP) is 1.79. The number of nitrogens with one attached hydrogen (secondary N) is 1. The van der Waals surface area contributed by atoms with Gasteiger partial charge in [0.1, 0.15) is 18.5 Å². The van der Waals surface area contributed by atoms with E-state index < -0.39 is 24.5 Å². The number of aryl methyl sites for hydroxylation is 1. The molecule has 1 aromatic heterocycles. The van der Waals surface area contributed by atoms with Crippen LogP contribution in [0.4, 0.5) is 0 Å². The number of hydrogen-bond acceptors (Lipinski definition) is 5. The van der Waals surface area contributed by atoms with Crippen LogP contribution in [-0.4, -0.2) is 45.9 Å². The Labute approximate surface area is 173 Å². The van der Waals surface area contributed by atoms with E-state index in [1.54, 1.807) is 25.1 Å². The topological polar surface area (TPSA) is 101 Å². The number of fused-ring (bicyclic) bond motifs is 1. The second kappa shape index (κ2) is 7.78. The van der Waals surface area contributed by atoms with Crippen molar-refractivity contribution in [3.05, 3.63) is 65.4 Å². The van der Waals surface area contributed by atoms with Gasteiger partial charge in [-0.25, -0.2) is 0 Å². The molecule has 0 aliphatic carbocycles. The van der Waals surface area contributed by atoms with Crippen LogP contribution in [0.15, 0.2) is 48.7 Å². The lowest BCUT2D eigenvalue weighted by atomic mass is 9.93. The minimum Gasteiger partial charge on any atom is -0.491 e. The summed E-state index contributed by atoms with van der Waals surface area (Å²) < 4.78 is 7.54. The van der Waals surface area contributed by atoms with Gasteiger partial charge in [-0.2, -0.15) is 0 Å². The zero-order valence-corrected chi connectivity index (χ0v) is 16.7. The van der Waals surface area contributed by atoms with Crippen molar-refractivity contribution in [2.45, 2.75) is 13.0 Å². The minimum absolute atomic E-state index is 0.0822. The van der Waals surface area contributed by atoms with Crippen molar-refractivity contribution in [3.8, 4) is 5.75 Å². The van der Waals surface area contributed by atoms with Gasteiger partial charge in [-0.05, 0) is 30.2 Å². The number of carbonyl (C=O) groups is 2. The summed E-state index contributed by atoms with van der Waals surface area (Å²) in [5.74, 6) is -0.428. The van der Waals surface area contributed by atoms with Gasteiger partial charge in [-0.3, -0.25) is 14.9 Å². The van der Waals surface area contributed by atoms with E-state index in [4.69, 9.17) is 9.84 Å². The number of hydrogen-bond donors (Lipinski definition) is 3. The molecule has 1 aliphatic rings. The third-order valence-electron chi connectivity index (χ3n) is 5.29. The molecule has 2 heterocycles. The third-order valence-corrected chi connectivity index (χ3v) is 5.29. The first kappa shape index (κ1) is 19.9. The Hall–Kier alpha value is -3.42. The number of aliphatic hydroxyl groups is 2. The van der Waals surface area contributed by atoms with Crippen molar-refractivity contribution in [3.63, 3.8) is 0 Å². The first-order valence-electron chi connectivity index (χ1n) is 9.58. The number of aliphatic hydroxyl groups excluding tert-OH is 2. The lowest BCUT2D eigenvalue weighted by molar-refractivity contribution is -0.122. The molecule has 4 rings (SSSR count). The number of para-hydroxylation sites is 1. The molecule has 0 saturated heterocycles. The lowest BCUT2D eigenvalue weighted by Crippen LogP contribution is -2.23. The largest absolute Gasteiger partial charge is 0.491 e. The molecule has 0 fully saturated rings. The number of nitrogens with zero attached hydrogens (tertiary/aromatic N) is 1. The smallest absolute Gasteiger partial charge is 0.259 e. The zero-order valence-electron chi connectivity index (χ0n) is 16.7. The Balaban J connectivity index is 1.88. The molecule has 30 heavy (non-hydrogen) atoms. The number of ether oxygens (including phenoxy) is 1. The summed E-state index contributed by atoms with van der Waals surface area (Å²) >= 11 is 0. The number of benzene rings is 2. The molecule has 2 amide bonds. The average molecular weight is 406 g/mol. The van der Waals surface area contributed by atoms with E-state index in [0.29, 0.717) is 33.6 Å². The van der Waals surface area contributed by atoms with Crippen LogP contribution in [0.2, 0.25) is 0 Å². The Morgan fingerprint density at radius 2 is 1.73 bits per heavy atom. The third kappa shape index (κ3) is 3.28. The van der Waals surface area contributed by atoms with E-state index >= 15 is 0 Å². The second-order valence-corrected chi connectivity index (χ2v) is 7.28. The predicted molar refractivity (Wildman–Crippen MR) is 113 cm³/mol. The molecule has 0 spiro atoms. The van der Waals surface area contributed by atoms with Gasteiger partial charge < -0.3 is 19.5 Å². The molecule has 7 nitrogen and oxygen atoms in total. The lowest BCUT2D eigenvalue weighted by Gasteiger charge is -2.15. The molecule has 1 aliphatic heterocycles. The summed E-state index contributed by atoms with van der Waals surface area (Å²) in [6.07, 6.45) is 0.848. The zero-order chi connectivity index (χ0) is 21.4. The Morgan fingerprint density at radius 1 is 1.03 bits per heavy atom. The first-order chi connectivity index (χ1) is 14.4. The van der Waals surface area contributed by atoms with Gasteiger partial charge in [-0.15, -0.1) is 0 Å². The molecule has 7 heteroatoms. The highest BCUT2D eigenvalue weighted by Gasteiger charge is 2.34. The molecule has 1 atom stereocenters. The standard InChI is InChI=1S/C23H22N2O5/c1-13-15(7-5-9-19(13)30-12-14(27)11-26)20-21(23(29)24-22(20)28)17-10-25(2)18-8-4-3-6-16(17)18/h3-10,14,26-27H,11-12H2,1-2H3,(H,24,28,29). The highest BCUT2D eigenvalue weighted by Crippen LogP contribution is 2.38. The molecule has 3 aromatic rings. The first-order valence-corrected chi connectivity index (χ1v) is 9.58. The minimum atomic E-state index is -1.00. The molecular weight excluding hydrogens is 384 g/mol. The maximum absolute atomic E-state index is 12.8. The van der Waals surface area contributed by atoms with Crippen LogP contribution in [0, 0.1) is 6.92 Å². The number of rotatable bonds is 6. The van der Waals surface area contributed by atoms with Crippen LogP contribution in [0.5, 0.6) is 5.75 Å². The van der Waals surface area contributed by atoms with Crippen molar-refractivity contribution >= 4 is 33.9 Å². The van der Waals surface area contributed by atoms with E-state index in [9.17, 15) is 14.7 Å². The summed E-state index contributed by atoms with van der Waals surface area (Å²) in [6, 6.07) is 12.9. The van der Waals surface area contributed by atoms with Gasteiger partial charge >= 0.3 is 0 Å². The number of imide groups is 1. The van der Waals surface area contributed by atoms with Crippen molar-refractivity contribution in [1.82, 2.24) is 9.88 Å². The van der Waals surface area contributed by atoms with E-state index in [2.05, 4.69) is 5.32 Å². The van der Waals surface area contributed by atoms with Gasteiger partial charge in [0.15, 0.2) is 0 Å². The normalized spacial score (nSPS) is 15.1. The van der Waals surface area contributed by atoms with Crippen LogP contribution in [-0.2, 0) is 16.6 Å². The SMILES string of the molecule is Cc1c(OCC(O)CO)cccc1C1=C(c2cn(C)c3ccccc23)C(=O)NC1=O. The van der Waals surface area contributed by atoms with Crippen LogP contribution < -0.4 is 10.1 Å². The molecular formula is C23H22N2O5. The summed E-state index contributed by atoms with van der Waals surface area (Å²) in [7, 11) is 1.90. The van der Waals surface area contributed by atoms with Gasteiger partial charge in [0, 0.05) is 29.7 Å². The van der Waals surface area contributed by atoms with Gasteiger partial charge in [0.2, 0.25) is 0 Å². The summed E-state index contributed by atoms with van der Waals surface area (Å²) in [6.45, 7) is 1.30. The Morgan fingerprint density at radius 3 is 2.47 bits per heavy atom. The number of carbonyl (C=O) groups excluding carboxylic acids is 2. The van der Waals surface area contributed by atoms with E-state index in [-0.39, 0.29) is 6.61 Å². The maximum Gasteiger partial charge on any atom is 0.259 e. The quantitative estimate of drug-likeness (QED) is 0.542. The second-order valence-electron chi connectivity index (χ2n) is 7.28. The number of aromatic nitrogens is 1. The van der Waals surface area contributed by atoms with E-state index in [0.717, 1.165) is 10.9 Å². The maximum atomic E-state index is 12.8. The fourth-order valence-electron chi connectivity index (χ4n) is 3.79. The average Bonchev–Trinajstić information content (AvgIpc) is 3.22. The van der Waals surface area contributed by atoms with Crippen molar-refractivity contribution in [2.75, 3.05) is 13.2 Å². The molecule has 154 valence electrons. The van der Waals surface area contributed by atoms with Crippen LogP contribution >= 0.6 is 0 Å². The summed E-state index contributed by atoms with van der Waals surface area (Å²) in [4.78, 5) is 25.6. The van der Waals surface area contributed by atoms with E-state index in [1.807, 2.05) is 42.1 Å². The van der Waals surface area contributed by atoms with Crippen molar-refractivity contribution < 1.29 is 24.5 Å². The Kier molecular flexibility index (Phi) is 5.15. The molecule has 1 unspecified atom stereocenters. The van der Waals surface area contributed by atoms with Gasteiger partial charge in [-0.1, -0.05) is 30.3 Å². The monoisotopic (exact) mass is 406 g/mol. The summed E-state index contributed by atoms with van der Waals surface area (Å²) in [5.41, 5.74) is 3.51. The van der Waals surface area contributed by atoms with Crippen molar-refractivity contribution in [2.24, 2.45) is 7.05 Å².